The van der Waals surface area contributed by atoms with E-state index in [1.54, 1.807) is 6.92 Å². The van der Waals surface area contributed by atoms with Crippen LogP contribution in [0.1, 0.15) is 44.2 Å². The lowest BCUT2D eigenvalue weighted by molar-refractivity contribution is -0.384. The highest BCUT2D eigenvalue weighted by Crippen LogP contribution is 2.30. The molecule has 0 saturated heterocycles. The molecule has 1 N–H and O–H groups in total. The van der Waals surface area contributed by atoms with Crippen LogP contribution in [0, 0.1) is 17.0 Å². The molecule has 0 radical (unpaired) electrons. The Hall–Kier alpha value is -2.94. The second-order valence-electron chi connectivity index (χ2n) is 7.44. The van der Waals surface area contributed by atoms with Crippen LogP contribution in [0.4, 0.5) is 17.1 Å². The van der Waals surface area contributed by atoms with Crippen molar-refractivity contribution in [3.05, 3.63) is 63.7 Å². The van der Waals surface area contributed by atoms with E-state index in [-0.39, 0.29) is 23.7 Å². The fourth-order valence-electron chi connectivity index (χ4n) is 3.35. The predicted molar refractivity (Wildman–Crippen MR) is 118 cm³/mol. The normalized spacial score (nSPS) is 12.5. The largest absolute Gasteiger partial charge is 0.324 e. The molecular weight excluding hydrogens is 406 g/mol. The minimum Gasteiger partial charge on any atom is -0.324 e. The van der Waals surface area contributed by atoms with Gasteiger partial charge in [0.05, 0.1) is 16.9 Å². The summed E-state index contributed by atoms with van der Waals surface area (Å²) in [5.41, 5.74) is 2.29. The molecule has 0 aliphatic carbocycles. The average Bonchev–Trinajstić information content (AvgIpc) is 2.66. The van der Waals surface area contributed by atoms with Gasteiger partial charge in [-0.25, -0.2) is 8.42 Å². The van der Waals surface area contributed by atoms with Crippen LogP contribution in [-0.4, -0.2) is 31.5 Å². The van der Waals surface area contributed by atoms with Crippen molar-refractivity contribution in [3.8, 4) is 0 Å². The van der Waals surface area contributed by atoms with Crippen LogP contribution >= 0.6 is 0 Å². The molecule has 0 fully saturated rings. The van der Waals surface area contributed by atoms with E-state index in [9.17, 15) is 23.3 Å². The summed E-state index contributed by atoms with van der Waals surface area (Å²) in [4.78, 5) is 23.7. The Morgan fingerprint density at radius 2 is 1.83 bits per heavy atom. The van der Waals surface area contributed by atoms with Gasteiger partial charge in [-0.2, -0.15) is 0 Å². The van der Waals surface area contributed by atoms with E-state index in [0.29, 0.717) is 5.69 Å². The van der Waals surface area contributed by atoms with Gasteiger partial charge in [-0.1, -0.05) is 45.0 Å². The minimum absolute atomic E-state index is 0.0718. The molecule has 0 aliphatic heterocycles. The van der Waals surface area contributed by atoms with Crippen LogP contribution in [-0.2, 0) is 14.8 Å². The van der Waals surface area contributed by atoms with Gasteiger partial charge in [-0.15, -0.1) is 0 Å². The number of amides is 1. The molecule has 8 nitrogen and oxygen atoms in total. The first-order valence-electron chi connectivity index (χ1n) is 9.61. The smallest absolute Gasteiger partial charge is 0.271 e. The molecule has 30 heavy (non-hydrogen) atoms. The molecule has 0 saturated carbocycles. The third kappa shape index (κ3) is 5.15. The van der Waals surface area contributed by atoms with Crippen LogP contribution in [0.5, 0.6) is 0 Å². The summed E-state index contributed by atoms with van der Waals surface area (Å²) in [5, 5.41) is 14.0. The van der Waals surface area contributed by atoms with E-state index in [4.69, 9.17) is 0 Å². The Kier molecular flexibility index (Phi) is 7.20. The Morgan fingerprint density at radius 1 is 1.20 bits per heavy atom. The van der Waals surface area contributed by atoms with Gasteiger partial charge in [0.1, 0.15) is 6.04 Å². The average molecular weight is 434 g/mol. The molecule has 2 rings (SSSR count). The highest BCUT2D eigenvalue weighted by Gasteiger charge is 2.33. The Labute approximate surface area is 177 Å². The number of nitrogens with zero attached hydrogens (tertiary/aromatic N) is 2. The van der Waals surface area contributed by atoms with Crippen molar-refractivity contribution >= 4 is 33.0 Å². The number of benzene rings is 2. The quantitative estimate of drug-likeness (QED) is 0.495. The highest BCUT2D eigenvalue weighted by atomic mass is 32.2. The zero-order valence-electron chi connectivity index (χ0n) is 17.7. The zero-order valence-corrected chi connectivity index (χ0v) is 18.6. The number of hydrogen-bond donors (Lipinski definition) is 1. The first kappa shape index (κ1) is 23.3. The summed E-state index contributed by atoms with van der Waals surface area (Å²) in [6.07, 6.45) is 1.17. The number of nitro groups is 1. The molecule has 0 heterocycles. The molecule has 1 atom stereocenters. The summed E-state index contributed by atoms with van der Waals surface area (Å²) in [6.45, 7) is 7.58. The van der Waals surface area contributed by atoms with Gasteiger partial charge < -0.3 is 5.32 Å². The minimum atomic E-state index is -3.90. The number of anilines is 2. The molecule has 0 bridgehead atoms. The van der Waals surface area contributed by atoms with Crippen molar-refractivity contribution in [2.75, 3.05) is 15.9 Å². The van der Waals surface area contributed by atoms with Crippen molar-refractivity contribution in [1.29, 1.82) is 0 Å². The number of para-hydroxylation sites is 1. The van der Waals surface area contributed by atoms with Gasteiger partial charge in [0.25, 0.3) is 5.69 Å². The lowest BCUT2D eigenvalue weighted by atomic mass is 9.98. The summed E-state index contributed by atoms with van der Waals surface area (Å²) >= 11 is 0. The summed E-state index contributed by atoms with van der Waals surface area (Å²) in [5.74, 6) is -0.339. The van der Waals surface area contributed by atoms with Crippen LogP contribution in [0.3, 0.4) is 0 Å². The standard InChI is InChI=1S/C21H27N3O5S/c1-6-19(21(25)22-20-15(4)9-7-12-18(20)14(2)3)23(30(5,28)29)16-10-8-11-17(13-16)24(26)27/h7-14,19H,6H2,1-5H3,(H,22,25)/t19-/m0/s1. The number of nitrogens with one attached hydrogen (secondary N) is 1. The molecule has 2 aromatic rings. The lowest BCUT2D eigenvalue weighted by Crippen LogP contribution is -2.47. The van der Waals surface area contributed by atoms with Gasteiger partial charge in [0.15, 0.2) is 0 Å². The number of carbonyl (C=O) groups is 1. The van der Waals surface area contributed by atoms with Gasteiger partial charge in [0.2, 0.25) is 15.9 Å². The van der Waals surface area contributed by atoms with E-state index in [1.165, 1.54) is 18.2 Å². The van der Waals surface area contributed by atoms with Crippen molar-refractivity contribution in [2.45, 2.75) is 46.1 Å². The number of nitro benzene ring substituents is 1. The number of rotatable bonds is 8. The van der Waals surface area contributed by atoms with Crippen LogP contribution in [0.2, 0.25) is 0 Å². The molecular formula is C21H27N3O5S. The molecule has 0 aromatic heterocycles. The van der Waals surface area contributed by atoms with E-state index in [0.717, 1.165) is 27.8 Å². The number of carbonyl (C=O) groups excluding carboxylic acids is 1. The fourth-order valence-corrected chi connectivity index (χ4v) is 4.56. The number of sulfonamides is 1. The van der Waals surface area contributed by atoms with E-state index >= 15 is 0 Å². The number of non-ortho nitro benzene ring substituents is 1. The monoisotopic (exact) mass is 433 g/mol. The summed E-state index contributed by atoms with van der Waals surface area (Å²) in [6, 6.07) is 9.90. The summed E-state index contributed by atoms with van der Waals surface area (Å²) in [7, 11) is -3.90. The molecule has 0 unspecified atom stereocenters. The van der Waals surface area contributed by atoms with Crippen LogP contribution < -0.4 is 9.62 Å². The van der Waals surface area contributed by atoms with Crippen molar-refractivity contribution in [3.63, 3.8) is 0 Å². The Balaban J connectivity index is 2.50. The topological polar surface area (TPSA) is 110 Å². The summed E-state index contributed by atoms with van der Waals surface area (Å²) < 4.78 is 26.1. The zero-order chi connectivity index (χ0) is 22.6. The second kappa shape index (κ2) is 9.25. The van der Waals surface area contributed by atoms with Crippen molar-refractivity contribution < 1.29 is 18.1 Å². The van der Waals surface area contributed by atoms with Crippen molar-refractivity contribution in [1.82, 2.24) is 0 Å². The number of aryl methyl sites for hydroxylation is 1. The third-order valence-electron chi connectivity index (χ3n) is 4.80. The third-order valence-corrected chi connectivity index (χ3v) is 5.98. The maximum absolute atomic E-state index is 13.2. The second-order valence-corrected chi connectivity index (χ2v) is 9.30. The Morgan fingerprint density at radius 3 is 2.37 bits per heavy atom. The van der Waals surface area contributed by atoms with E-state index in [2.05, 4.69) is 5.32 Å². The van der Waals surface area contributed by atoms with Gasteiger partial charge in [-0.3, -0.25) is 19.2 Å². The first-order valence-corrected chi connectivity index (χ1v) is 11.5. The molecule has 0 aliphatic rings. The molecule has 162 valence electrons. The van der Waals surface area contributed by atoms with Crippen molar-refractivity contribution in [2.24, 2.45) is 0 Å². The van der Waals surface area contributed by atoms with Gasteiger partial charge in [0, 0.05) is 17.8 Å². The van der Waals surface area contributed by atoms with Crippen LogP contribution in [0.25, 0.3) is 0 Å². The molecule has 1 amide bonds. The maximum Gasteiger partial charge on any atom is 0.271 e. The molecule has 2 aromatic carbocycles. The lowest BCUT2D eigenvalue weighted by Gasteiger charge is -2.30. The number of hydrogen-bond acceptors (Lipinski definition) is 5. The highest BCUT2D eigenvalue weighted by molar-refractivity contribution is 7.92. The van der Waals surface area contributed by atoms with E-state index in [1.807, 2.05) is 39.0 Å². The SMILES string of the molecule is CC[C@@H](C(=O)Nc1c(C)cccc1C(C)C)N(c1cccc([N+](=O)[O-])c1)S(C)(=O)=O. The van der Waals surface area contributed by atoms with E-state index < -0.39 is 26.9 Å². The fraction of sp³-hybridized carbons (Fsp3) is 0.381. The maximum atomic E-state index is 13.2. The van der Waals surface area contributed by atoms with Crippen LogP contribution in [0.15, 0.2) is 42.5 Å². The first-order chi connectivity index (χ1) is 14.0. The predicted octanol–water partition coefficient (Wildman–Crippen LogP) is 4.21. The molecule has 0 spiro atoms. The van der Waals surface area contributed by atoms with Gasteiger partial charge in [-0.05, 0) is 36.5 Å². The molecule has 9 heteroatoms. The van der Waals surface area contributed by atoms with Gasteiger partial charge >= 0.3 is 0 Å². The Bertz CT molecular complexity index is 1050.